The number of carboxylic acid groups (broad SMARTS) is 1. The summed E-state index contributed by atoms with van der Waals surface area (Å²) in [7, 11) is 0. The summed E-state index contributed by atoms with van der Waals surface area (Å²) in [6.45, 7) is 4.51. The number of amides is 4. The highest BCUT2D eigenvalue weighted by atomic mass is 16.4. The summed E-state index contributed by atoms with van der Waals surface area (Å²) in [5, 5.41) is 20.8. The molecule has 1 aromatic carbocycles. The Morgan fingerprint density at radius 3 is 1.94 bits per heavy atom. The molecule has 0 radical (unpaired) electrons. The summed E-state index contributed by atoms with van der Waals surface area (Å²) in [6, 6.07) is 1.44. The van der Waals surface area contributed by atoms with Gasteiger partial charge in [0.15, 0.2) is 5.78 Å². The molecule has 0 aliphatic carbocycles. The molecule has 1 heterocycles. The first kappa shape index (κ1) is 42.8. The van der Waals surface area contributed by atoms with Gasteiger partial charge >= 0.3 is 5.97 Å². The molecule has 0 aromatic heterocycles. The van der Waals surface area contributed by atoms with Crippen molar-refractivity contribution in [3.63, 3.8) is 0 Å². The third kappa shape index (κ3) is 15.6. The number of benzene rings is 1. The van der Waals surface area contributed by atoms with Gasteiger partial charge in [0.05, 0.1) is 18.0 Å². The maximum absolute atomic E-state index is 13.9. The highest BCUT2D eigenvalue weighted by Crippen LogP contribution is 2.19. The zero-order valence-corrected chi connectivity index (χ0v) is 29.9. The Balaban J connectivity index is 2.43. The van der Waals surface area contributed by atoms with E-state index in [2.05, 4.69) is 21.3 Å². The standard InChI is InChI=1S/C36H58N8O7/c1-22(2)19-24(36(50)51)21-31(45)30(20-23-13-15-25(39)16-14-23)44-35(49)28-10-4-3-9-26(40)32(46)41-27(11-5-7-17-37)33(47)43-29(34(48)42-28)12-6-8-18-38/h3-4,13-16,22,24,26-30H,5-12,17-21,37-40H2,1-2H3,(H,41,46)(H,42,48)(H,43,47)(H,44,49)(H,50,51)/t24-,26+,27+,28+,29+,30+/m1/s1. The molecule has 2 rings (SSSR count). The Hall–Kier alpha value is -4.34. The van der Waals surface area contributed by atoms with E-state index in [0.717, 1.165) is 0 Å². The lowest BCUT2D eigenvalue weighted by atomic mass is 9.89. The van der Waals surface area contributed by atoms with Crippen molar-refractivity contribution >= 4 is 41.1 Å². The fraction of sp³-hybridized carbons (Fsp3) is 0.611. The highest BCUT2D eigenvalue weighted by molar-refractivity contribution is 5.96. The SMILES string of the molecule is CC(C)C[C@H](CC(=O)[C@H](Cc1ccc(N)cc1)NC(=O)[C@@H]1CC=CC[C@H](N)C(=O)N[C@@H](CCCCN)C(=O)N[C@@H](CCCCN)C(=O)N1)C(=O)O. The van der Waals surface area contributed by atoms with Crippen LogP contribution in [0.25, 0.3) is 0 Å². The molecule has 51 heavy (non-hydrogen) atoms. The van der Waals surface area contributed by atoms with E-state index >= 15 is 0 Å². The average Bonchev–Trinajstić information content (AvgIpc) is 3.08. The number of ketones is 1. The molecule has 0 unspecified atom stereocenters. The van der Waals surface area contributed by atoms with Crippen molar-refractivity contribution in [2.45, 2.75) is 115 Å². The summed E-state index contributed by atoms with van der Waals surface area (Å²) in [5.41, 5.74) is 24.5. The van der Waals surface area contributed by atoms with Crippen LogP contribution < -0.4 is 44.2 Å². The van der Waals surface area contributed by atoms with Crippen LogP contribution in [0.3, 0.4) is 0 Å². The summed E-state index contributed by atoms with van der Waals surface area (Å²) in [5.74, 6) is -4.91. The zero-order valence-electron chi connectivity index (χ0n) is 29.9. The minimum atomic E-state index is -1.19. The van der Waals surface area contributed by atoms with Gasteiger partial charge in [0.1, 0.15) is 18.1 Å². The normalized spacial score (nSPS) is 21.5. The van der Waals surface area contributed by atoms with Crippen LogP contribution in [-0.4, -0.2) is 83.8 Å². The quantitative estimate of drug-likeness (QED) is 0.0570. The van der Waals surface area contributed by atoms with E-state index in [4.69, 9.17) is 22.9 Å². The predicted molar refractivity (Wildman–Crippen MR) is 195 cm³/mol. The molecule has 15 heteroatoms. The summed E-state index contributed by atoms with van der Waals surface area (Å²) < 4.78 is 0. The molecule has 1 aromatic rings. The topological polar surface area (TPSA) is 275 Å². The average molecular weight is 715 g/mol. The number of carbonyl (C=O) groups excluding carboxylic acids is 5. The van der Waals surface area contributed by atoms with Crippen LogP contribution in [-0.2, 0) is 35.2 Å². The lowest BCUT2D eigenvalue weighted by molar-refractivity contribution is -0.144. The first-order valence-corrected chi connectivity index (χ1v) is 17.9. The maximum atomic E-state index is 13.9. The molecular weight excluding hydrogens is 656 g/mol. The first-order valence-electron chi connectivity index (χ1n) is 17.9. The van der Waals surface area contributed by atoms with Gasteiger partial charge in [-0.15, -0.1) is 0 Å². The van der Waals surface area contributed by atoms with Crippen LogP contribution in [0.15, 0.2) is 36.4 Å². The molecule has 0 fully saturated rings. The van der Waals surface area contributed by atoms with Crippen molar-refractivity contribution in [1.29, 1.82) is 0 Å². The fourth-order valence-corrected chi connectivity index (χ4v) is 5.79. The van der Waals surface area contributed by atoms with Crippen LogP contribution in [0.5, 0.6) is 0 Å². The Morgan fingerprint density at radius 2 is 1.39 bits per heavy atom. The van der Waals surface area contributed by atoms with E-state index in [1.807, 2.05) is 13.8 Å². The number of nitrogen functional groups attached to an aromatic ring is 1. The van der Waals surface area contributed by atoms with E-state index in [1.54, 1.807) is 36.4 Å². The van der Waals surface area contributed by atoms with Crippen molar-refractivity contribution in [3.8, 4) is 0 Å². The summed E-state index contributed by atoms with van der Waals surface area (Å²) >= 11 is 0. The van der Waals surface area contributed by atoms with Crippen molar-refractivity contribution < 1.29 is 33.9 Å². The predicted octanol–water partition coefficient (Wildman–Crippen LogP) is 0.392. The molecule has 0 spiro atoms. The largest absolute Gasteiger partial charge is 0.481 e. The molecule has 6 atom stereocenters. The maximum Gasteiger partial charge on any atom is 0.306 e. The van der Waals surface area contributed by atoms with Gasteiger partial charge in [-0.3, -0.25) is 28.8 Å². The Kier molecular flexibility index (Phi) is 18.9. The van der Waals surface area contributed by atoms with Crippen molar-refractivity contribution in [1.82, 2.24) is 21.3 Å². The van der Waals surface area contributed by atoms with Gasteiger partial charge < -0.3 is 49.3 Å². The number of anilines is 1. The van der Waals surface area contributed by atoms with Crippen LogP contribution >= 0.6 is 0 Å². The molecule has 13 N–H and O–H groups in total. The van der Waals surface area contributed by atoms with Crippen LogP contribution in [0.4, 0.5) is 5.69 Å². The highest BCUT2D eigenvalue weighted by Gasteiger charge is 2.33. The zero-order chi connectivity index (χ0) is 37.9. The number of nitrogens with two attached hydrogens (primary N) is 4. The molecular formula is C36H58N8O7. The van der Waals surface area contributed by atoms with Gasteiger partial charge in [0, 0.05) is 12.1 Å². The number of carbonyl (C=O) groups is 6. The molecule has 0 bridgehead atoms. The van der Waals surface area contributed by atoms with Gasteiger partial charge in [-0.1, -0.05) is 38.1 Å². The molecule has 1 aliphatic rings. The van der Waals surface area contributed by atoms with E-state index in [1.165, 1.54) is 0 Å². The van der Waals surface area contributed by atoms with Crippen molar-refractivity contribution in [3.05, 3.63) is 42.0 Å². The van der Waals surface area contributed by atoms with Crippen molar-refractivity contribution in [2.24, 2.45) is 29.0 Å². The van der Waals surface area contributed by atoms with Crippen LogP contribution in [0.2, 0.25) is 0 Å². The van der Waals surface area contributed by atoms with E-state index < -0.39 is 71.5 Å². The number of Topliss-reactive ketones (excluding diaryl/α,β-unsaturated/α-hetero) is 1. The Labute approximate surface area is 300 Å². The van der Waals surface area contributed by atoms with Crippen molar-refractivity contribution in [2.75, 3.05) is 18.8 Å². The lowest BCUT2D eigenvalue weighted by Crippen LogP contribution is -2.58. The number of hydrogen-bond acceptors (Lipinski definition) is 10. The second-order valence-electron chi connectivity index (χ2n) is 13.6. The lowest BCUT2D eigenvalue weighted by Gasteiger charge is -2.27. The van der Waals surface area contributed by atoms with Gasteiger partial charge in [0.2, 0.25) is 23.6 Å². The molecule has 15 nitrogen and oxygen atoms in total. The number of rotatable bonds is 18. The minimum Gasteiger partial charge on any atom is -0.481 e. The first-order chi connectivity index (χ1) is 24.2. The molecule has 0 saturated carbocycles. The Bertz CT molecular complexity index is 1340. The van der Waals surface area contributed by atoms with Gasteiger partial charge in [-0.05, 0) is 101 Å². The second-order valence-corrected chi connectivity index (χ2v) is 13.6. The van der Waals surface area contributed by atoms with Crippen LogP contribution in [0.1, 0.15) is 83.6 Å². The molecule has 1 aliphatic heterocycles. The summed E-state index contributed by atoms with van der Waals surface area (Å²) in [4.78, 5) is 79.8. The second kappa shape index (κ2) is 22.5. The van der Waals surface area contributed by atoms with E-state index in [0.29, 0.717) is 50.0 Å². The molecule has 4 amide bonds. The number of hydrogen-bond donors (Lipinski definition) is 9. The van der Waals surface area contributed by atoms with E-state index in [9.17, 15) is 33.9 Å². The van der Waals surface area contributed by atoms with Gasteiger partial charge in [0.25, 0.3) is 0 Å². The van der Waals surface area contributed by atoms with E-state index in [-0.39, 0.29) is 50.9 Å². The smallest absolute Gasteiger partial charge is 0.306 e. The fourth-order valence-electron chi connectivity index (χ4n) is 5.79. The van der Waals surface area contributed by atoms with Gasteiger partial charge in [-0.25, -0.2) is 0 Å². The number of aliphatic carboxylic acids is 1. The third-order valence-electron chi connectivity index (χ3n) is 8.74. The monoisotopic (exact) mass is 714 g/mol. The third-order valence-corrected chi connectivity index (χ3v) is 8.74. The number of carboxylic acids is 1. The minimum absolute atomic E-state index is 0.0226. The molecule has 284 valence electrons. The summed E-state index contributed by atoms with van der Waals surface area (Å²) in [6.07, 6.45) is 6.10. The van der Waals surface area contributed by atoms with Gasteiger partial charge in [-0.2, -0.15) is 0 Å². The number of nitrogens with one attached hydrogen (secondary N) is 4. The number of unbranched alkanes of at least 4 members (excludes halogenated alkanes) is 2. The molecule has 0 saturated heterocycles. The Morgan fingerprint density at radius 1 is 0.843 bits per heavy atom. The van der Waals surface area contributed by atoms with Crippen LogP contribution in [0, 0.1) is 11.8 Å².